The van der Waals surface area contributed by atoms with Gasteiger partial charge in [0.1, 0.15) is 0 Å². The first-order valence-electron chi connectivity index (χ1n) is 5.87. The Morgan fingerprint density at radius 3 is 2.75 bits per heavy atom. The summed E-state index contributed by atoms with van der Waals surface area (Å²) < 4.78 is 0. The number of hydrogen-bond donors (Lipinski definition) is 2. The van der Waals surface area contributed by atoms with E-state index in [1.165, 1.54) is 0 Å². The van der Waals surface area contributed by atoms with Gasteiger partial charge in [-0.1, -0.05) is 13.0 Å². The fourth-order valence-electron chi connectivity index (χ4n) is 1.31. The summed E-state index contributed by atoms with van der Waals surface area (Å²) in [6.07, 6.45) is 3.29. The van der Waals surface area contributed by atoms with Crippen LogP contribution in [0.25, 0.3) is 0 Å². The molecule has 4 heteroatoms. The van der Waals surface area contributed by atoms with Crippen LogP contribution in [0.5, 0.6) is 0 Å². The second-order valence-corrected chi connectivity index (χ2v) is 4.16. The maximum Gasteiger partial charge on any atom is 0.237 e. The summed E-state index contributed by atoms with van der Waals surface area (Å²) in [4.78, 5) is 13.7. The molecule has 2 atom stereocenters. The van der Waals surface area contributed by atoms with Crippen LogP contribution in [0.1, 0.15) is 26.7 Å². The molecule has 2 unspecified atom stereocenters. The third kappa shape index (κ3) is 5.88. The summed E-state index contributed by atoms with van der Waals surface area (Å²) in [5, 5.41) is 2.82. The van der Waals surface area contributed by atoms with Gasteiger partial charge >= 0.3 is 0 Å². The number of nitrogens with zero attached hydrogens (tertiary/aromatic N) is 1. The lowest BCUT2D eigenvalue weighted by molar-refractivity contribution is -0.122. The van der Waals surface area contributed by atoms with Crippen LogP contribution in [0.3, 0.4) is 0 Å². The van der Waals surface area contributed by atoms with Crippen LogP contribution in [0.4, 0.5) is 0 Å². The second-order valence-electron chi connectivity index (χ2n) is 4.16. The van der Waals surface area contributed by atoms with E-state index in [1.54, 1.807) is 6.08 Å². The minimum atomic E-state index is -0.466. The highest BCUT2D eigenvalue weighted by molar-refractivity contribution is 5.81. The molecule has 0 aromatic heterocycles. The van der Waals surface area contributed by atoms with Gasteiger partial charge in [0.15, 0.2) is 0 Å². The number of nitrogens with two attached hydrogens (primary N) is 1. The van der Waals surface area contributed by atoms with E-state index >= 15 is 0 Å². The molecule has 0 heterocycles. The molecule has 0 saturated heterocycles. The molecule has 0 aromatic carbocycles. The van der Waals surface area contributed by atoms with Gasteiger partial charge in [-0.25, -0.2) is 0 Å². The van der Waals surface area contributed by atoms with E-state index in [0.29, 0.717) is 19.0 Å². The van der Waals surface area contributed by atoms with Crippen molar-refractivity contribution in [2.75, 3.05) is 20.1 Å². The van der Waals surface area contributed by atoms with E-state index in [4.69, 9.17) is 5.73 Å². The molecule has 0 radical (unpaired) electrons. The summed E-state index contributed by atoms with van der Waals surface area (Å²) in [5.74, 6) is -0.0996. The molecule has 0 spiro atoms. The average molecular weight is 227 g/mol. The number of hydrogen-bond acceptors (Lipinski definition) is 3. The van der Waals surface area contributed by atoms with Crippen LogP contribution >= 0.6 is 0 Å². The topological polar surface area (TPSA) is 58.4 Å². The summed E-state index contributed by atoms with van der Waals surface area (Å²) in [7, 11) is 2.06. The molecule has 0 aliphatic heterocycles. The highest BCUT2D eigenvalue weighted by atomic mass is 16.2. The maximum atomic E-state index is 11.5. The fourth-order valence-corrected chi connectivity index (χ4v) is 1.31. The first-order valence-corrected chi connectivity index (χ1v) is 5.87. The normalized spacial score (nSPS) is 14.6. The van der Waals surface area contributed by atoms with E-state index in [0.717, 1.165) is 13.0 Å². The first kappa shape index (κ1) is 15.1. The Hall–Kier alpha value is -0.870. The number of amides is 1. The molecule has 0 aliphatic rings. The number of nitrogens with one attached hydrogen (secondary N) is 1. The summed E-state index contributed by atoms with van der Waals surface area (Å²) in [6.45, 7) is 9.37. The van der Waals surface area contributed by atoms with Crippen molar-refractivity contribution >= 4 is 5.91 Å². The highest BCUT2D eigenvalue weighted by Crippen LogP contribution is 1.98. The van der Waals surface area contributed by atoms with Crippen LogP contribution in [-0.4, -0.2) is 43.0 Å². The number of rotatable bonds is 8. The minimum Gasteiger partial charge on any atom is -0.353 e. The molecular formula is C12H25N3O. The fraction of sp³-hybridized carbons (Fsp3) is 0.750. The highest BCUT2D eigenvalue weighted by Gasteiger charge is 2.11. The predicted octanol–water partition coefficient (Wildman–Crippen LogP) is 0.736. The van der Waals surface area contributed by atoms with E-state index in [1.807, 2.05) is 0 Å². The third-order valence-electron chi connectivity index (χ3n) is 2.86. The molecule has 0 aliphatic carbocycles. The zero-order valence-corrected chi connectivity index (χ0v) is 10.7. The second kappa shape index (κ2) is 8.30. The zero-order valence-electron chi connectivity index (χ0n) is 10.7. The Balaban J connectivity index is 3.73. The van der Waals surface area contributed by atoms with E-state index in [2.05, 4.69) is 37.7 Å². The van der Waals surface area contributed by atoms with Crippen molar-refractivity contribution in [1.82, 2.24) is 10.2 Å². The molecule has 0 saturated carbocycles. The van der Waals surface area contributed by atoms with E-state index in [-0.39, 0.29) is 5.91 Å². The van der Waals surface area contributed by atoms with Crippen molar-refractivity contribution in [1.29, 1.82) is 0 Å². The van der Waals surface area contributed by atoms with Crippen molar-refractivity contribution in [3.63, 3.8) is 0 Å². The monoisotopic (exact) mass is 227 g/mol. The Morgan fingerprint density at radius 2 is 2.25 bits per heavy atom. The quantitative estimate of drug-likeness (QED) is 0.601. The number of carbonyl (C=O) groups excluding carboxylic acids is 1. The molecule has 16 heavy (non-hydrogen) atoms. The summed E-state index contributed by atoms with van der Waals surface area (Å²) in [6, 6.07) is 0.0742. The molecule has 0 aromatic rings. The van der Waals surface area contributed by atoms with Crippen LogP contribution in [0.2, 0.25) is 0 Å². The Kier molecular flexibility index (Phi) is 7.85. The average Bonchev–Trinajstić information content (AvgIpc) is 2.27. The zero-order chi connectivity index (χ0) is 12.6. The molecule has 94 valence electrons. The Bertz CT molecular complexity index is 218. The lowest BCUT2D eigenvalue weighted by Crippen LogP contribution is -2.43. The molecular weight excluding hydrogens is 202 g/mol. The van der Waals surface area contributed by atoms with Crippen LogP contribution in [0, 0.1) is 0 Å². The van der Waals surface area contributed by atoms with Crippen molar-refractivity contribution in [3.8, 4) is 0 Å². The van der Waals surface area contributed by atoms with E-state index < -0.39 is 6.04 Å². The van der Waals surface area contributed by atoms with Gasteiger partial charge in [0.25, 0.3) is 0 Å². The van der Waals surface area contributed by atoms with Gasteiger partial charge in [0.2, 0.25) is 5.91 Å². The standard InChI is InChI=1S/C12H25N3O/c1-5-7-11(13)12(16)14-8-9-15(4)10(3)6-2/h5,10-11H,1,6-9,13H2,2-4H3,(H,14,16). The molecule has 4 nitrogen and oxygen atoms in total. The SMILES string of the molecule is C=CCC(N)C(=O)NCCN(C)C(C)CC. The van der Waals surface area contributed by atoms with Gasteiger partial charge in [-0.05, 0) is 26.8 Å². The van der Waals surface area contributed by atoms with E-state index in [9.17, 15) is 4.79 Å². The first-order chi connectivity index (χ1) is 7.52. The maximum absolute atomic E-state index is 11.5. The van der Waals surface area contributed by atoms with Crippen molar-refractivity contribution < 1.29 is 4.79 Å². The van der Waals surface area contributed by atoms with Crippen molar-refractivity contribution in [2.45, 2.75) is 38.8 Å². The van der Waals surface area contributed by atoms with Crippen LogP contribution in [0.15, 0.2) is 12.7 Å². The van der Waals surface area contributed by atoms with Gasteiger partial charge in [0.05, 0.1) is 6.04 Å². The Labute approximate surface area is 98.9 Å². The van der Waals surface area contributed by atoms with Crippen LogP contribution in [-0.2, 0) is 4.79 Å². The largest absolute Gasteiger partial charge is 0.353 e. The summed E-state index contributed by atoms with van der Waals surface area (Å²) in [5.41, 5.74) is 5.63. The Morgan fingerprint density at radius 1 is 1.62 bits per heavy atom. The minimum absolute atomic E-state index is 0.0996. The van der Waals surface area contributed by atoms with Crippen molar-refractivity contribution in [3.05, 3.63) is 12.7 Å². The lowest BCUT2D eigenvalue weighted by atomic mass is 10.2. The molecule has 0 rings (SSSR count). The van der Waals surface area contributed by atoms with Gasteiger partial charge in [-0.3, -0.25) is 4.79 Å². The smallest absolute Gasteiger partial charge is 0.237 e. The van der Waals surface area contributed by atoms with Gasteiger partial charge in [-0.2, -0.15) is 0 Å². The van der Waals surface area contributed by atoms with Crippen molar-refractivity contribution in [2.24, 2.45) is 5.73 Å². The molecule has 0 fully saturated rings. The molecule has 3 N–H and O–H groups in total. The molecule has 1 amide bonds. The molecule has 0 bridgehead atoms. The van der Waals surface area contributed by atoms with Gasteiger partial charge in [-0.15, -0.1) is 6.58 Å². The van der Waals surface area contributed by atoms with Crippen LogP contribution < -0.4 is 11.1 Å². The number of carbonyl (C=O) groups is 1. The number of likely N-dealkylation sites (N-methyl/N-ethyl adjacent to an activating group) is 1. The summed E-state index contributed by atoms with van der Waals surface area (Å²) >= 11 is 0. The third-order valence-corrected chi connectivity index (χ3v) is 2.86. The van der Waals surface area contributed by atoms with Gasteiger partial charge in [0, 0.05) is 19.1 Å². The van der Waals surface area contributed by atoms with Gasteiger partial charge < -0.3 is 16.0 Å². The predicted molar refractivity (Wildman–Crippen MR) is 68.2 cm³/mol. The lowest BCUT2D eigenvalue weighted by Gasteiger charge is -2.23.